The van der Waals surface area contributed by atoms with Crippen LogP contribution in [0.3, 0.4) is 0 Å². The van der Waals surface area contributed by atoms with Gasteiger partial charge in [-0.15, -0.1) is 0 Å². The molecule has 0 unspecified atom stereocenters. The zero-order valence-electron chi connectivity index (χ0n) is 66.1. The minimum atomic E-state index is -1.50. The molecule has 0 saturated carbocycles. The van der Waals surface area contributed by atoms with Gasteiger partial charge in [-0.3, -0.25) is 0 Å². The second kappa shape index (κ2) is 35.9. The number of rotatable bonds is 6. The molecule has 1 aliphatic rings. The summed E-state index contributed by atoms with van der Waals surface area (Å²) in [5, 5.41) is 42.6. The van der Waals surface area contributed by atoms with Gasteiger partial charge in [0.15, 0.2) is 17.5 Å². The Bertz CT molecular complexity index is 7720. The number of halogens is 6. The number of benzene rings is 19. The van der Waals surface area contributed by atoms with Crippen molar-refractivity contribution in [3.8, 4) is 56.7 Å². The summed E-state index contributed by atoms with van der Waals surface area (Å²) >= 11 is 26.7. The Morgan fingerprint density at radius 3 is 1.02 bits per heavy atom. The standard InChI is InChI=1S/C26H18BNO2.C26H16BrN.C21H14.C19H12ClN3.C9H5Cl2N3.C6H4BrI/c29-27(30)19-8-5-9-20(16-19)28-23-14-12-17-6-1-3-10-21(17)25(23)26-22-11-4-2-7-18(22)13-15-24(26)28;27-19-8-5-9-20(16-19)28-23-14-12-17-6-1-3-10-21(17)25(23)26-22-11-4-2-7-18(22)13-15-24(26)28;1-3-7-18-14(5-1)9-11-16-13-17-12-10-15-6-2-4-8-19(15)21(17)20(16)18;20-19-22-17(14-7-2-1-3-8-14)21-18(23-19)16-11-10-13-6-4-5-9-15(13)12-16;10-8-12-7(13-9(11)14-8)6-4-2-1-3-5-6;7-5-2-1-3-6(8)4-5/h1-16,29-30H;1-16H;1-12H,13H2;1-12H;1-5H;1-4H. The lowest BCUT2D eigenvalue weighted by atomic mass is 9.80. The largest absolute Gasteiger partial charge is 0.488 e. The van der Waals surface area contributed by atoms with Crippen molar-refractivity contribution < 1.29 is 10.0 Å². The molecule has 19 aromatic carbocycles. The Kier molecular flexibility index (Phi) is 23.4. The van der Waals surface area contributed by atoms with Crippen LogP contribution in [0.15, 0.2) is 403 Å². The van der Waals surface area contributed by atoms with Gasteiger partial charge in [0.2, 0.25) is 15.9 Å². The fourth-order valence-corrected chi connectivity index (χ4v) is 19.1. The van der Waals surface area contributed by atoms with Gasteiger partial charge in [0.1, 0.15) is 0 Å². The van der Waals surface area contributed by atoms with E-state index in [1.165, 1.54) is 134 Å². The molecular weight excluding hydrogens is 1830 g/mol. The Morgan fingerprint density at radius 1 is 0.274 bits per heavy atom. The maximum atomic E-state index is 9.70. The molecule has 4 heterocycles. The summed E-state index contributed by atoms with van der Waals surface area (Å²) in [6.07, 6.45) is 1.06. The first kappa shape index (κ1) is 80.9. The summed E-state index contributed by atoms with van der Waals surface area (Å²) in [4.78, 5) is 24.7. The highest BCUT2D eigenvalue weighted by atomic mass is 127. The van der Waals surface area contributed by atoms with Crippen LogP contribution < -0.4 is 5.46 Å². The SMILES string of the molecule is Brc1cccc(-n2c3ccc4ccccc4c3c3c4ccccc4ccc32)c1.Brc1cccc(I)c1.Clc1nc(-c2ccccc2)nc(-c2ccc3ccccc3c2)n1.Clc1nc(Cl)nc(-c2ccccc2)n1.OB(O)c1cccc(-n2c3ccc4ccccc4c3c3c4ccccc4ccc32)c1.c1ccc2c3c(ccc2c1)Cc1ccc2ccccc2c1-3. The summed E-state index contributed by atoms with van der Waals surface area (Å²) < 4.78 is 8.09. The van der Waals surface area contributed by atoms with Crippen LogP contribution in [0.2, 0.25) is 15.9 Å². The minimum absolute atomic E-state index is 0.101. The lowest BCUT2D eigenvalue weighted by Crippen LogP contribution is -2.29. The second-order valence-corrected chi connectivity index (χ2v) is 33.9. The summed E-state index contributed by atoms with van der Waals surface area (Å²) in [5.74, 6) is 1.64. The fraction of sp³-hybridized carbons (Fsp3) is 0.00935. The molecule has 0 saturated heterocycles. The van der Waals surface area contributed by atoms with E-state index < -0.39 is 7.12 Å². The highest BCUT2D eigenvalue weighted by molar-refractivity contribution is 14.1. The molecule has 0 aliphatic heterocycles. The molecule has 23 aromatic rings. The highest BCUT2D eigenvalue weighted by Gasteiger charge is 2.25. The van der Waals surface area contributed by atoms with E-state index in [2.05, 4.69) is 373 Å². The average molecular weight is 1900 g/mol. The summed E-state index contributed by atoms with van der Waals surface area (Å²) in [5.41, 5.74) is 15.7. The maximum Gasteiger partial charge on any atom is 0.488 e. The van der Waals surface area contributed by atoms with E-state index in [0.29, 0.717) is 22.9 Å². The van der Waals surface area contributed by atoms with Crippen molar-refractivity contribution in [2.75, 3.05) is 0 Å². The van der Waals surface area contributed by atoms with E-state index in [1.54, 1.807) is 6.07 Å². The second-order valence-electron chi connectivity index (χ2n) is 29.8. The molecule has 1 aliphatic carbocycles. The first-order valence-electron chi connectivity index (χ1n) is 40.2. The third kappa shape index (κ3) is 16.6. The van der Waals surface area contributed by atoms with Crippen molar-refractivity contribution in [1.82, 2.24) is 39.0 Å². The third-order valence-electron chi connectivity index (χ3n) is 22.3. The minimum Gasteiger partial charge on any atom is -0.423 e. The van der Waals surface area contributed by atoms with E-state index in [-0.39, 0.29) is 15.9 Å². The van der Waals surface area contributed by atoms with E-state index in [9.17, 15) is 10.0 Å². The molecule has 17 heteroatoms. The molecule has 0 spiro atoms. The van der Waals surface area contributed by atoms with Gasteiger partial charge in [-0.2, -0.15) is 24.9 Å². The van der Waals surface area contributed by atoms with E-state index in [1.807, 2.05) is 109 Å². The lowest BCUT2D eigenvalue weighted by molar-refractivity contribution is 0.425. The van der Waals surface area contributed by atoms with Crippen LogP contribution in [-0.2, 0) is 6.42 Å². The Morgan fingerprint density at radius 2 is 0.605 bits per heavy atom. The van der Waals surface area contributed by atoms with Crippen LogP contribution in [-0.4, -0.2) is 56.2 Å². The molecule has 24 rings (SSSR count). The zero-order valence-corrected chi connectivity index (χ0v) is 73.6. The van der Waals surface area contributed by atoms with Crippen molar-refractivity contribution in [2.24, 2.45) is 0 Å². The molecule has 0 atom stereocenters. The molecule has 594 valence electrons. The van der Waals surface area contributed by atoms with Crippen molar-refractivity contribution in [2.45, 2.75) is 6.42 Å². The number of hydrogen-bond donors (Lipinski definition) is 2. The van der Waals surface area contributed by atoms with Gasteiger partial charge in [0, 0.05) is 62.1 Å². The summed E-state index contributed by atoms with van der Waals surface area (Å²) in [7, 11) is -1.50. The fourth-order valence-electron chi connectivity index (χ4n) is 16.8. The Labute approximate surface area is 759 Å². The van der Waals surface area contributed by atoms with Gasteiger partial charge < -0.3 is 19.2 Å². The molecule has 0 bridgehead atoms. The molecular formula is C107H69BBr2Cl3IN8O2. The van der Waals surface area contributed by atoms with Gasteiger partial charge in [-0.05, 0) is 246 Å². The number of nitrogens with zero attached hydrogens (tertiary/aromatic N) is 8. The molecule has 124 heavy (non-hydrogen) atoms. The topological polar surface area (TPSA) is 128 Å². The van der Waals surface area contributed by atoms with Crippen LogP contribution in [0.5, 0.6) is 0 Å². The van der Waals surface area contributed by atoms with Crippen LogP contribution in [0.1, 0.15) is 11.1 Å². The predicted molar refractivity (Wildman–Crippen MR) is 534 cm³/mol. The highest BCUT2D eigenvalue weighted by Crippen LogP contribution is 2.47. The average Bonchev–Trinajstić information content (AvgIpc) is 1.56. The summed E-state index contributed by atoms with van der Waals surface area (Å²) in [6, 6.07) is 136. The van der Waals surface area contributed by atoms with Crippen molar-refractivity contribution in [1.29, 1.82) is 0 Å². The number of fused-ring (bicyclic) bond motifs is 22. The van der Waals surface area contributed by atoms with Gasteiger partial charge >= 0.3 is 7.12 Å². The molecule has 4 aromatic heterocycles. The number of aromatic nitrogens is 8. The van der Waals surface area contributed by atoms with Crippen LogP contribution in [0.4, 0.5) is 0 Å². The molecule has 10 nitrogen and oxygen atoms in total. The predicted octanol–water partition coefficient (Wildman–Crippen LogP) is 29.1. The Hall–Kier alpha value is -12.8. The first-order valence-corrected chi connectivity index (χ1v) is 44.0. The van der Waals surface area contributed by atoms with Crippen molar-refractivity contribution in [3.63, 3.8) is 0 Å². The van der Waals surface area contributed by atoms with Gasteiger partial charge in [0.25, 0.3) is 0 Å². The lowest BCUT2D eigenvalue weighted by Gasteiger charge is -2.10. The summed E-state index contributed by atoms with van der Waals surface area (Å²) in [6.45, 7) is 0. The molecule has 0 radical (unpaired) electrons. The van der Waals surface area contributed by atoms with E-state index in [0.717, 1.165) is 54.2 Å². The zero-order chi connectivity index (χ0) is 84.3. The van der Waals surface area contributed by atoms with Crippen molar-refractivity contribution in [3.05, 3.63) is 434 Å². The molecule has 0 amide bonds. The normalized spacial score (nSPS) is 11.4. The van der Waals surface area contributed by atoms with Crippen LogP contribution in [0, 0.1) is 3.57 Å². The smallest absolute Gasteiger partial charge is 0.423 e. The van der Waals surface area contributed by atoms with Crippen LogP contribution in [0.25, 0.3) is 176 Å². The maximum absolute atomic E-state index is 9.70. The Balaban J connectivity index is 0.000000101. The van der Waals surface area contributed by atoms with E-state index >= 15 is 0 Å². The number of hydrogen-bond acceptors (Lipinski definition) is 8. The van der Waals surface area contributed by atoms with Crippen LogP contribution >= 0.6 is 89.3 Å². The van der Waals surface area contributed by atoms with Gasteiger partial charge in [0.05, 0.1) is 22.1 Å². The monoisotopic (exact) mass is 1900 g/mol. The molecule has 0 fully saturated rings. The first-order chi connectivity index (χ1) is 60.8. The van der Waals surface area contributed by atoms with Crippen molar-refractivity contribution >= 4 is 221 Å². The van der Waals surface area contributed by atoms with E-state index in [4.69, 9.17) is 34.8 Å². The van der Waals surface area contributed by atoms with Gasteiger partial charge in [-0.25, -0.2) is 4.98 Å². The third-order valence-corrected chi connectivity index (χ3v) is 24.5. The molecule has 2 N–H and O–H groups in total. The quantitative estimate of drug-likeness (QED) is 0.124. The van der Waals surface area contributed by atoms with Gasteiger partial charge in [-0.1, -0.05) is 347 Å².